The normalized spacial score (nSPS) is 10.5. The van der Waals surface area contributed by atoms with E-state index in [2.05, 4.69) is 31.0 Å². The summed E-state index contributed by atoms with van der Waals surface area (Å²) in [6.45, 7) is 0. The minimum absolute atomic E-state index is 0.133. The summed E-state index contributed by atoms with van der Waals surface area (Å²) in [5.74, 6) is 0.00273. The van der Waals surface area contributed by atoms with E-state index in [9.17, 15) is 9.59 Å². The van der Waals surface area contributed by atoms with Crippen LogP contribution in [0.25, 0.3) is 11.3 Å². The number of benzene rings is 1. The van der Waals surface area contributed by atoms with Crippen molar-refractivity contribution in [3.63, 3.8) is 0 Å². The van der Waals surface area contributed by atoms with E-state index in [-0.39, 0.29) is 17.4 Å². The molecule has 30 heavy (non-hydrogen) atoms. The number of carbonyl (C=O) groups is 2. The highest BCUT2D eigenvalue weighted by atomic mass is 32.2. The van der Waals surface area contributed by atoms with Gasteiger partial charge in [-0.25, -0.2) is 0 Å². The van der Waals surface area contributed by atoms with E-state index < -0.39 is 5.91 Å². The second-order valence-corrected chi connectivity index (χ2v) is 8.05. The van der Waals surface area contributed by atoms with Crippen LogP contribution >= 0.6 is 23.1 Å². The Morgan fingerprint density at radius 2 is 1.93 bits per heavy atom. The zero-order valence-corrected chi connectivity index (χ0v) is 16.9. The van der Waals surface area contributed by atoms with Crippen LogP contribution in [-0.2, 0) is 4.79 Å². The van der Waals surface area contributed by atoms with Gasteiger partial charge in [0.2, 0.25) is 11.0 Å². The number of anilines is 2. The Morgan fingerprint density at radius 3 is 2.73 bits per heavy atom. The second kappa shape index (κ2) is 9.29. The molecule has 4 rings (SSSR count). The zero-order valence-electron chi connectivity index (χ0n) is 15.3. The van der Waals surface area contributed by atoms with Crippen LogP contribution in [0.1, 0.15) is 10.5 Å². The number of carbonyl (C=O) groups excluding carboxylic acids is 2. The van der Waals surface area contributed by atoms with Crippen molar-refractivity contribution < 1.29 is 14.1 Å². The Hall–Kier alpha value is -3.57. The monoisotopic (exact) mass is 438 g/mol. The van der Waals surface area contributed by atoms with Gasteiger partial charge in [-0.2, -0.15) is 0 Å². The highest BCUT2D eigenvalue weighted by Gasteiger charge is 2.16. The number of nitrogens with zero attached hydrogens (tertiary/aromatic N) is 4. The van der Waals surface area contributed by atoms with Gasteiger partial charge >= 0.3 is 0 Å². The Bertz CT molecular complexity index is 1150. The lowest BCUT2D eigenvalue weighted by molar-refractivity contribution is -0.113. The highest BCUT2D eigenvalue weighted by molar-refractivity contribution is 8.01. The largest absolute Gasteiger partial charge is 0.355 e. The molecule has 0 saturated heterocycles. The number of thioether (sulfide) groups is 1. The Balaban J connectivity index is 1.30. The maximum Gasteiger partial charge on any atom is 0.279 e. The molecule has 0 spiro atoms. The third kappa shape index (κ3) is 5.07. The van der Waals surface area contributed by atoms with E-state index in [4.69, 9.17) is 4.52 Å². The molecular weight excluding hydrogens is 424 g/mol. The highest BCUT2D eigenvalue weighted by Crippen LogP contribution is 2.26. The number of hydrogen-bond donors (Lipinski definition) is 2. The SMILES string of the molecule is O=C(CSc1nnc(NC(=O)c2cc(-c3ccccc3)on2)s1)Nc1cccnc1. The van der Waals surface area contributed by atoms with Gasteiger partial charge in [0, 0.05) is 17.8 Å². The summed E-state index contributed by atoms with van der Waals surface area (Å²) in [6.07, 6.45) is 3.19. The van der Waals surface area contributed by atoms with Gasteiger partial charge in [-0.3, -0.25) is 19.9 Å². The molecule has 0 bridgehead atoms. The number of pyridine rings is 1. The lowest BCUT2D eigenvalue weighted by Gasteiger charge is -2.02. The van der Waals surface area contributed by atoms with Crippen LogP contribution in [0.4, 0.5) is 10.8 Å². The van der Waals surface area contributed by atoms with Crippen molar-refractivity contribution in [2.24, 2.45) is 0 Å². The van der Waals surface area contributed by atoms with E-state index in [1.807, 2.05) is 30.3 Å². The molecular formula is C19H14N6O3S2. The maximum atomic E-state index is 12.4. The van der Waals surface area contributed by atoms with Gasteiger partial charge in [-0.1, -0.05) is 58.6 Å². The minimum atomic E-state index is -0.456. The molecule has 2 amide bonds. The molecule has 0 fully saturated rings. The molecule has 0 saturated carbocycles. The maximum absolute atomic E-state index is 12.4. The lowest BCUT2D eigenvalue weighted by Crippen LogP contribution is -2.13. The van der Waals surface area contributed by atoms with Crippen molar-refractivity contribution in [3.8, 4) is 11.3 Å². The number of rotatable bonds is 7. The molecule has 0 aliphatic heterocycles. The van der Waals surface area contributed by atoms with Crippen LogP contribution in [0, 0.1) is 0 Å². The molecule has 3 heterocycles. The predicted octanol–water partition coefficient (Wildman–Crippen LogP) is 3.57. The van der Waals surface area contributed by atoms with Gasteiger partial charge in [-0.15, -0.1) is 10.2 Å². The standard InChI is InChI=1S/C19H14N6O3S2/c26-16(21-13-7-4-8-20-10-13)11-29-19-24-23-18(30-19)22-17(27)14-9-15(28-25-14)12-5-2-1-3-6-12/h1-10H,11H2,(H,21,26)(H,22,23,27). The molecule has 0 atom stereocenters. The lowest BCUT2D eigenvalue weighted by atomic mass is 10.1. The number of amides is 2. The molecule has 0 aliphatic rings. The summed E-state index contributed by atoms with van der Waals surface area (Å²) in [5.41, 5.74) is 1.58. The van der Waals surface area contributed by atoms with E-state index in [0.717, 1.165) is 5.56 Å². The first-order chi connectivity index (χ1) is 14.7. The second-order valence-electron chi connectivity index (χ2n) is 5.85. The van der Waals surface area contributed by atoms with Gasteiger partial charge in [-0.05, 0) is 12.1 Å². The summed E-state index contributed by atoms with van der Waals surface area (Å²) in [5, 5.41) is 17.4. The predicted molar refractivity (Wildman–Crippen MR) is 113 cm³/mol. The van der Waals surface area contributed by atoms with Crippen LogP contribution in [-0.4, -0.2) is 37.9 Å². The fourth-order valence-electron chi connectivity index (χ4n) is 2.36. The fraction of sp³-hybridized carbons (Fsp3) is 0.0526. The Labute approximate surface area is 178 Å². The van der Waals surface area contributed by atoms with Gasteiger partial charge in [0.25, 0.3) is 5.91 Å². The summed E-state index contributed by atoms with van der Waals surface area (Å²) >= 11 is 2.39. The topological polar surface area (TPSA) is 123 Å². The average molecular weight is 438 g/mol. The van der Waals surface area contributed by atoms with Crippen molar-refractivity contribution in [1.82, 2.24) is 20.3 Å². The van der Waals surface area contributed by atoms with Crippen molar-refractivity contribution >= 4 is 45.7 Å². The molecule has 2 N–H and O–H groups in total. The van der Waals surface area contributed by atoms with Crippen LogP contribution < -0.4 is 10.6 Å². The third-order valence-electron chi connectivity index (χ3n) is 3.70. The molecule has 11 heteroatoms. The van der Waals surface area contributed by atoms with Gasteiger partial charge < -0.3 is 9.84 Å². The number of nitrogens with one attached hydrogen (secondary N) is 2. The van der Waals surface area contributed by atoms with Gasteiger partial charge in [0.05, 0.1) is 17.6 Å². The molecule has 0 aliphatic carbocycles. The Kier molecular flexibility index (Phi) is 6.11. The van der Waals surface area contributed by atoms with Gasteiger partial charge in [0.15, 0.2) is 15.8 Å². The zero-order chi connectivity index (χ0) is 20.8. The first-order valence-electron chi connectivity index (χ1n) is 8.67. The number of aromatic nitrogens is 4. The van der Waals surface area contributed by atoms with Crippen LogP contribution in [0.2, 0.25) is 0 Å². The van der Waals surface area contributed by atoms with E-state index in [0.29, 0.717) is 20.9 Å². The molecule has 0 radical (unpaired) electrons. The molecule has 9 nitrogen and oxygen atoms in total. The molecule has 1 aromatic carbocycles. The summed E-state index contributed by atoms with van der Waals surface area (Å²) in [7, 11) is 0. The van der Waals surface area contributed by atoms with Crippen molar-refractivity contribution in [3.05, 3.63) is 66.6 Å². The molecule has 3 aromatic heterocycles. The molecule has 0 unspecified atom stereocenters. The third-order valence-corrected chi connectivity index (χ3v) is 5.67. The number of hydrogen-bond acceptors (Lipinski definition) is 9. The molecule has 4 aromatic rings. The van der Waals surface area contributed by atoms with E-state index in [1.54, 1.807) is 30.6 Å². The van der Waals surface area contributed by atoms with E-state index in [1.165, 1.54) is 23.1 Å². The average Bonchev–Trinajstić information content (AvgIpc) is 3.44. The first-order valence-corrected chi connectivity index (χ1v) is 10.5. The minimum Gasteiger partial charge on any atom is -0.355 e. The summed E-state index contributed by atoms with van der Waals surface area (Å²) in [4.78, 5) is 28.3. The van der Waals surface area contributed by atoms with Crippen LogP contribution in [0.3, 0.4) is 0 Å². The Morgan fingerprint density at radius 1 is 1.07 bits per heavy atom. The fourth-order valence-corrected chi connectivity index (χ4v) is 3.91. The van der Waals surface area contributed by atoms with Crippen molar-refractivity contribution in [2.45, 2.75) is 4.34 Å². The van der Waals surface area contributed by atoms with E-state index >= 15 is 0 Å². The van der Waals surface area contributed by atoms with Crippen molar-refractivity contribution in [1.29, 1.82) is 0 Å². The first kappa shape index (κ1) is 19.7. The quantitative estimate of drug-likeness (QED) is 0.332. The smallest absolute Gasteiger partial charge is 0.279 e. The summed E-state index contributed by atoms with van der Waals surface area (Å²) in [6, 6.07) is 14.4. The van der Waals surface area contributed by atoms with Gasteiger partial charge in [0.1, 0.15) is 0 Å². The van der Waals surface area contributed by atoms with Crippen LogP contribution in [0.5, 0.6) is 0 Å². The summed E-state index contributed by atoms with van der Waals surface area (Å²) < 4.78 is 5.78. The molecule has 150 valence electrons. The van der Waals surface area contributed by atoms with Crippen molar-refractivity contribution in [2.75, 3.05) is 16.4 Å². The van der Waals surface area contributed by atoms with Crippen LogP contribution in [0.15, 0.2) is 69.8 Å².